The van der Waals surface area contributed by atoms with Gasteiger partial charge in [0, 0.05) is 12.7 Å². The average molecular weight is 336 g/mol. The largest absolute Gasteiger partial charge is 0.363 e. The second kappa shape index (κ2) is 5.67. The highest BCUT2D eigenvalue weighted by Crippen LogP contribution is 2.25. The average Bonchev–Trinajstić information content (AvgIpc) is 2.54. The lowest BCUT2D eigenvalue weighted by atomic mass is 10.1. The van der Waals surface area contributed by atoms with E-state index in [2.05, 4.69) is 9.97 Å². The van der Waals surface area contributed by atoms with Crippen molar-refractivity contribution in [2.45, 2.75) is 17.9 Å². The van der Waals surface area contributed by atoms with Gasteiger partial charge < -0.3 is 5.73 Å². The summed E-state index contributed by atoms with van der Waals surface area (Å²) in [4.78, 5) is 18.6. The fourth-order valence-electron chi connectivity index (χ4n) is 2.40. The molecule has 0 atom stereocenters. The molecule has 2 aromatic rings. The number of benzene rings is 1. The number of primary amides is 1. The predicted octanol–water partition coefficient (Wildman–Crippen LogP) is 0.462. The number of hydrogen-bond donors (Lipinski definition) is 1. The minimum atomic E-state index is -3.99. The number of fused-ring (bicyclic) bond motifs is 1. The second-order valence-corrected chi connectivity index (χ2v) is 6.96. The number of carbonyl (C=O) groups excluding carboxylic acids is 1. The maximum Gasteiger partial charge on any atom is 0.286 e. The van der Waals surface area contributed by atoms with Crippen LogP contribution >= 0.6 is 0 Å². The Hall–Kier alpha value is -2.39. The second-order valence-electron chi connectivity index (χ2n) is 5.05. The number of sulfonamides is 1. The molecule has 0 fully saturated rings. The molecule has 0 bridgehead atoms. The summed E-state index contributed by atoms with van der Waals surface area (Å²) in [6.45, 7) is 0.123. The van der Waals surface area contributed by atoms with Crippen LogP contribution in [-0.2, 0) is 23.0 Å². The van der Waals surface area contributed by atoms with E-state index < -0.39 is 21.7 Å². The topological polar surface area (TPSA) is 106 Å². The lowest BCUT2D eigenvalue weighted by molar-refractivity contribution is 0.0990. The van der Waals surface area contributed by atoms with Gasteiger partial charge in [0.1, 0.15) is 10.7 Å². The summed E-state index contributed by atoms with van der Waals surface area (Å²) in [6.07, 6.45) is 1.84. The van der Waals surface area contributed by atoms with Crippen molar-refractivity contribution in [3.05, 3.63) is 53.4 Å². The maximum atomic E-state index is 13.8. The minimum Gasteiger partial charge on any atom is -0.363 e. The molecule has 23 heavy (non-hydrogen) atoms. The molecule has 1 aromatic carbocycles. The van der Waals surface area contributed by atoms with Crippen molar-refractivity contribution in [1.29, 1.82) is 0 Å². The molecule has 0 aliphatic carbocycles. The molecule has 0 unspecified atom stereocenters. The van der Waals surface area contributed by atoms with Crippen LogP contribution in [0.15, 0.2) is 35.4 Å². The monoisotopic (exact) mass is 336 g/mol. The summed E-state index contributed by atoms with van der Waals surface area (Å²) in [5, 5.41) is 0. The third-order valence-corrected chi connectivity index (χ3v) is 5.46. The van der Waals surface area contributed by atoms with Gasteiger partial charge in [0.05, 0.1) is 12.2 Å². The Morgan fingerprint density at radius 3 is 2.74 bits per heavy atom. The van der Waals surface area contributed by atoms with Crippen LogP contribution in [0.3, 0.4) is 0 Å². The van der Waals surface area contributed by atoms with E-state index in [9.17, 15) is 17.6 Å². The van der Waals surface area contributed by atoms with E-state index >= 15 is 0 Å². The van der Waals surface area contributed by atoms with Gasteiger partial charge in [-0.1, -0.05) is 12.1 Å². The van der Waals surface area contributed by atoms with Crippen molar-refractivity contribution in [3.63, 3.8) is 0 Å². The van der Waals surface area contributed by atoms with Gasteiger partial charge in [-0.25, -0.2) is 22.8 Å². The van der Waals surface area contributed by atoms with Crippen LogP contribution in [0, 0.1) is 5.82 Å². The molecule has 1 amide bonds. The quantitative estimate of drug-likeness (QED) is 0.876. The van der Waals surface area contributed by atoms with Crippen molar-refractivity contribution in [3.8, 4) is 0 Å². The Balaban J connectivity index is 1.97. The zero-order chi connectivity index (χ0) is 16.6. The maximum absolute atomic E-state index is 13.8. The lowest BCUT2D eigenvalue weighted by Gasteiger charge is -2.27. The molecule has 0 saturated carbocycles. The third kappa shape index (κ3) is 2.80. The SMILES string of the molecule is NC(=O)c1ncc2c(n1)CN(S(=O)(=O)c1ccccc1F)CC2. The standard InChI is InChI=1S/C14H13FN4O3S/c15-10-3-1-2-4-12(10)23(21,22)19-6-5-9-7-17-14(13(16)20)18-11(9)8-19/h1-4,7H,5-6,8H2,(H2,16,20). The lowest BCUT2D eigenvalue weighted by Crippen LogP contribution is -2.37. The number of rotatable bonds is 3. The van der Waals surface area contributed by atoms with Crippen molar-refractivity contribution >= 4 is 15.9 Å². The Kier molecular flexibility index (Phi) is 3.82. The first-order valence-corrected chi connectivity index (χ1v) is 8.23. The van der Waals surface area contributed by atoms with Gasteiger partial charge in [0.15, 0.2) is 0 Å². The number of aromatic nitrogens is 2. The fourth-order valence-corrected chi connectivity index (χ4v) is 3.86. The third-order valence-electron chi connectivity index (χ3n) is 3.59. The van der Waals surface area contributed by atoms with Gasteiger partial charge in [-0.15, -0.1) is 0 Å². The molecule has 0 radical (unpaired) electrons. The fraction of sp³-hybridized carbons (Fsp3) is 0.214. The minimum absolute atomic E-state index is 0.0607. The van der Waals surface area contributed by atoms with Crippen molar-refractivity contribution in [2.75, 3.05) is 6.54 Å². The van der Waals surface area contributed by atoms with E-state index in [4.69, 9.17) is 5.73 Å². The highest BCUT2D eigenvalue weighted by molar-refractivity contribution is 7.89. The molecule has 0 spiro atoms. The van der Waals surface area contributed by atoms with Gasteiger partial charge in [0.25, 0.3) is 5.91 Å². The molecule has 2 N–H and O–H groups in total. The zero-order valence-corrected chi connectivity index (χ0v) is 12.8. The van der Waals surface area contributed by atoms with Crippen molar-refractivity contribution in [1.82, 2.24) is 14.3 Å². The van der Waals surface area contributed by atoms with Crippen LogP contribution in [0.25, 0.3) is 0 Å². The first-order valence-electron chi connectivity index (χ1n) is 6.79. The first-order chi connectivity index (χ1) is 10.9. The van der Waals surface area contributed by atoms with Gasteiger partial charge in [-0.2, -0.15) is 4.31 Å². The van der Waals surface area contributed by atoms with Crippen molar-refractivity contribution in [2.24, 2.45) is 5.73 Å². The predicted molar refractivity (Wildman–Crippen MR) is 78.2 cm³/mol. The Labute approximate surface area is 132 Å². The Morgan fingerprint density at radius 2 is 2.04 bits per heavy atom. The van der Waals surface area contributed by atoms with Crippen molar-refractivity contribution < 1.29 is 17.6 Å². The Morgan fingerprint density at radius 1 is 1.30 bits per heavy atom. The Bertz CT molecular complexity index is 885. The molecular weight excluding hydrogens is 323 g/mol. The summed E-state index contributed by atoms with van der Waals surface area (Å²) >= 11 is 0. The number of amides is 1. The van der Waals surface area contributed by atoms with E-state index in [-0.39, 0.29) is 23.8 Å². The summed E-state index contributed by atoms with van der Waals surface area (Å²) in [7, 11) is -3.99. The van der Waals surface area contributed by atoms with E-state index in [0.717, 1.165) is 15.9 Å². The molecule has 1 aliphatic rings. The van der Waals surface area contributed by atoms with E-state index in [0.29, 0.717) is 12.1 Å². The molecule has 120 valence electrons. The number of carbonyl (C=O) groups is 1. The van der Waals surface area contributed by atoms with Gasteiger partial charge in [-0.05, 0) is 24.1 Å². The summed E-state index contributed by atoms with van der Waals surface area (Å²) in [5.74, 6) is -1.77. The number of nitrogens with two attached hydrogens (primary N) is 1. The summed E-state index contributed by atoms with van der Waals surface area (Å²) in [5.41, 5.74) is 6.28. The smallest absolute Gasteiger partial charge is 0.286 e. The number of halogens is 1. The highest BCUT2D eigenvalue weighted by Gasteiger charge is 2.31. The van der Waals surface area contributed by atoms with Crippen LogP contribution in [0.2, 0.25) is 0 Å². The molecule has 0 saturated heterocycles. The molecule has 7 nitrogen and oxygen atoms in total. The van der Waals surface area contributed by atoms with Crippen LogP contribution in [0.1, 0.15) is 21.9 Å². The van der Waals surface area contributed by atoms with Gasteiger partial charge in [0.2, 0.25) is 15.8 Å². The molecule has 3 rings (SSSR count). The van der Waals surface area contributed by atoms with E-state index in [1.807, 2.05) is 0 Å². The van der Waals surface area contributed by atoms with Crippen LogP contribution in [-0.4, -0.2) is 35.1 Å². The van der Waals surface area contributed by atoms with Gasteiger partial charge in [-0.3, -0.25) is 4.79 Å². The van der Waals surface area contributed by atoms with Crippen LogP contribution in [0.5, 0.6) is 0 Å². The van der Waals surface area contributed by atoms with Crippen LogP contribution < -0.4 is 5.73 Å². The highest BCUT2D eigenvalue weighted by atomic mass is 32.2. The van der Waals surface area contributed by atoms with E-state index in [1.165, 1.54) is 24.4 Å². The van der Waals surface area contributed by atoms with Crippen LogP contribution in [0.4, 0.5) is 4.39 Å². The molecule has 1 aliphatic heterocycles. The normalized spacial score (nSPS) is 15.2. The molecule has 2 heterocycles. The van der Waals surface area contributed by atoms with E-state index in [1.54, 1.807) is 0 Å². The number of nitrogens with zero attached hydrogens (tertiary/aromatic N) is 3. The summed E-state index contributed by atoms with van der Waals surface area (Å²) in [6, 6.07) is 5.20. The summed E-state index contributed by atoms with van der Waals surface area (Å²) < 4.78 is 40.1. The zero-order valence-electron chi connectivity index (χ0n) is 11.9. The van der Waals surface area contributed by atoms with Gasteiger partial charge >= 0.3 is 0 Å². The first kappa shape index (κ1) is 15.5. The molecule has 9 heteroatoms. The number of hydrogen-bond acceptors (Lipinski definition) is 5. The molecular formula is C14H13FN4O3S. The molecule has 1 aromatic heterocycles.